The van der Waals surface area contributed by atoms with E-state index in [1.807, 2.05) is 12.1 Å². The van der Waals surface area contributed by atoms with Crippen LogP contribution in [0.15, 0.2) is 48.5 Å². The predicted molar refractivity (Wildman–Crippen MR) is 106 cm³/mol. The highest BCUT2D eigenvalue weighted by atomic mass is 16.5. The van der Waals surface area contributed by atoms with Crippen LogP contribution in [0.4, 0.5) is 11.5 Å². The van der Waals surface area contributed by atoms with Crippen LogP contribution in [-0.2, 0) is 0 Å². The average molecular weight is 379 g/mol. The molecule has 0 fully saturated rings. The summed E-state index contributed by atoms with van der Waals surface area (Å²) in [6, 6.07) is 14.2. The SMILES string of the molecule is COc1ccc(-n2nnc(C(C)=O)c2Nc2ccc(C(=O)N(C)C)cc2)cc1. The van der Waals surface area contributed by atoms with E-state index < -0.39 is 0 Å². The summed E-state index contributed by atoms with van der Waals surface area (Å²) in [5.41, 5.74) is 2.23. The first kappa shape index (κ1) is 19.1. The van der Waals surface area contributed by atoms with Gasteiger partial charge in [-0.1, -0.05) is 5.21 Å². The van der Waals surface area contributed by atoms with Crippen LogP contribution in [0, 0.1) is 0 Å². The molecule has 1 aromatic heterocycles. The van der Waals surface area contributed by atoms with E-state index in [2.05, 4.69) is 15.6 Å². The number of amides is 1. The molecule has 0 aliphatic heterocycles. The normalized spacial score (nSPS) is 10.4. The van der Waals surface area contributed by atoms with Gasteiger partial charge in [-0.2, -0.15) is 4.68 Å². The molecule has 1 amide bonds. The van der Waals surface area contributed by atoms with E-state index >= 15 is 0 Å². The molecule has 28 heavy (non-hydrogen) atoms. The molecule has 3 rings (SSSR count). The highest BCUT2D eigenvalue weighted by molar-refractivity contribution is 5.98. The molecule has 0 aliphatic rings. The van der Waals surface area contributed by atoms with E-state index in [0.29, 0.717) is 22.8 Å². The summed E-state index contributed by atoms with van der Waals surface area (Å²) < 4.78 is 6.73. The highest BCUT2D eigenvalue weighted by Crippen LogP contribution is 2.25. The molecular weight excluding hydrogens is 358 g/mol. The molecule has 0 bridgehead atoms. The van der Waals surface area contributed by atoms with Crippen LogP contribution in [0.2, 0.25) is 0 Å². The zero-order valence-corrected chi connectivity index (χ0v) is 16.1. The van der Waals surface area contributed by atoms with Crippen LogP contribution < -0.4 is 10.1 Å². The third-order valence-electron chi connectivity index (χ3n) is 4.12. The van der Waals surface area contributed by atoms with Gasteiger partial charge in [0.1, 0.15) is 5.75 Å². The van der Waals surface area contributed by atoms with Gasteiger partial charge in [0.25, 0.3) is 5.91 Å². The van der Waals surface area contributed by atoms with Crippen molar-refractivity contribution in [1.29, 1.82) is 0 Å². The van der Waals surface area contributed by atoms with Crippen molar-refractivity contribution in [1.82, 2.24) is 19.9 Å². The minimum absolute atomic E-state index is 0.0825. The third kappa shape index (κ3) is 3.85. The number of carbonyl (C=O) groups excluding carboxylic acids is 2. The number of nitrogens with zero attached hydrogens (tertiary/aromatic N) is 4. The summed E-state index contributed by atoms with van der Waals surface area (Å²) in [7, 11) is 5.00. The van der Waals surface area contributed by atoms with Crippen molar-refractivity contribution < 1.29 is 14.3 Å². The zero-order chi connectivity index (χ0) is 20.3. The molecule has 0 saturated heterocycles. The third-order valence-corrected chi connectivity index (χ3v) is 4.12. The standard InChI is InChI=1S/C20H21N5O3/c1-13(26)18-19(21-15-7-5-14(6-8-15)20(27)24(2)3)25(23-22-18)16-9-11-17(28-4)12-10-16/h5-12,21H,1-4H3. The van der Waals surface area contributed by atoms with Crippen molar-refractivity contribution in [3.8, 4) is 11.4 Å². The molecule has 8 nitrogen and oxygen atoms in total. The number of hydrogen-bond acceptors (Lipinski definition) is 6. The lowest BCUT2D eigenvalue weighted by Gasteiger charge is -2.12. The summed E-state index contributed by atoms with van der Waals surface area (Å²) >= 11 is 0. The van der Waals surface area contributed by atoms with Gasteiger partial charge in [0.15, 0.2) is 17.3 Å². The van der Waals surface area contributed by atoms with Crippen LogP contribution >= 0.6 is 0 Å². The molecule has 0 aliphatic carbocycles. The number of anilines is 2. The van der Waals surface area contributed by atoms with Crippen molar-refractivity contribution in [2.45, 2.75) is 6.92 Å². The number of benzene rings is 2. The topological polar surface area (TPSA) is 89.3 Å². The fourth-order valence-electron chi connectivity index (χ4n) is 2.63. The summed E-state index contributed by atoms with van der Waals surface area (Å²) in [6.45, 7) is 1.44. The van der Waals surface area contributed by atoms with E-state index in [1.54, 1.807) is 62.3 Å². The minimum atomic E-state index is -0.207. The lowest BCUT2D eigenvalue weighted by Crippen LogP contribution is -2.21. The molecule has 1 N–H and O–H groups in total. The van der Waals surface area contributed by atoms with Crippen molar-refractivity contribution in [2.24, 2.45) is 0 Å². The Bertz CT molecular complexity index is 992. The van der Waals surface area contributed by atoms with Gasteiger partial charge < -0.3 is 15.0 Å². The van der Waals surface area contributed by atoms with Gasteiger partial charge in [0.2, 0.25) is 0 Å². The summed E-state index contributed by atoms with van der Waals surface area (Å²) in [6.07, 6.45) is 0. The number of aromatic nitrogens is 3. The Morgan fingerprint density at radius 1 is 1.04 bits per heavy atom. The van der Waals surface area contributed by atoms with E-state index in [0.717, 1.165) is 5.69 Å². The Kier molecular flexibility index (Phi) is 5.39. The molecule has 3 aromatic rings. The summed E-state index contributed by atoms with van der Waals surface area (Å²) in [5, 5.41) is 11.3. The Balaban J connectivity index is 1.95. The Labute approximate surface area is 162 Å². The van der Waals surface area contributed by atoms with Gasteiger partial charge in [0.05, 0.1) is 12.8 Å². The molecule has 0 saturated carbocycles. The number of nitrogens with one attached hydrogen (secondary N) is 1. The Morgan fingerprint density at radius 3 is 2.21 bits per heavy atom. The maximum absolute atomic E-state index is 12.0. The maximum atomic E-state index is 12.0. The first-order chi connectivity index (χ1) is 13.4. The second-order valence-corrected chi connectivity index (χ2v) is 6.35. The number of Topliss-reactive ketones (excluding diaryl/α,β-unsaturated/α-hetero) is 1. The van der Waals surface area contributed by atoms with Crippen LogP contribution in [0.3, 0.4) is 0 Å². The van der Waals surface area contributed by atoms with Gasteiger partial charge in [0, 0.05) is 32.3 Å². The van der Waals surface area contributed by atoms with E-state index in [4.69, 9.17) is 4.74 Å². The maximum Gasteiger partial charge on any atom is 0.253 e. The molecule has 0 spiro atoms. The van der Waals surface area contributed by atoms with Crippen LogP contribution in [0.5, 0.6) is 5.75 Å². The number of methoxy groups -OCH3 is 1. The van der Waals surface area contributed by atoms with E-state index in [9.17, 15) is 9.59 Å². The van der Waals surface area contributed by atoms with Gasteiger partial charge >= 0.3 is 0 Å². The van der Waals surface area contributed by atoms with Gasteiger partial charge in [-0.05, 0) is 48.5 Å². The number of ketones is 1. The first-order valence-corrected chi connectivity index (χ1v) is 8.60. The zero-order valence-electron chi connectivity index (χ0n) is 16.1. The van der Waals surface area contributed by atoms with Crippen molar-refractivity contribution in [3.63, 3.8) is 0 Å². The van der Waals surface area contributed by atoms with Gasteiger partial charge in [-0.25, -0.2) is 0 Å². The van der Waals surface area contributed by atoms with Crippen molar-refractivity contribution >= 4 is 23.2 Å². The molecular formula is C20H21N5O3. The van der Waals surface area contributed by atoms with E-state index in [-0.39, 0.29) is 17.4 Å². The van der Waals surface area contributed by atoms with Crippen LogP contribution in [0.1, 0.15) is 27.8 Å². The highest BCUT2D eigenvalue weighted by Gasteiger charge is 2.18. The first-order valence-electron chi connectivity index (χ1n) is 8.60. The number of ether oxygens (including phenoxy) is 1. The molecule has 0 radical (unpaired) electrons. The predicted octanol–water partition coefficient (Wildman–Crippen LogP) is 2.92. The van der Waals surface area contributed by atoms with Gasteiger partial charge in [-0.3, -0.25) is 9.59 Å². The largest absolute Gasteiger partial charge is 0.497 e. The number of rotatable bonds is 6. The van der Waals surface area contributed by atoms with Crippen molar-refractivity contribution in [2.75, 3.05) is 26.5 Å². The molecule has 144 valence electrons. The number of carbonyl (C=O) groups is 2. The van der Waals surface area contributed by atoms with Crippen LogP contribution in [0.25, 0.3) is 5.69 Å². The smallest absolute Gasteiger partial charge is 0.253 e. The Hall–Kier alpha value is -3.68. The summed E-state index contributed by atoms with van der Waals surface area (Å²) in [4.78, 5) is 25.5. The lowest BCUT2D eigenvalue weighted by atomic mass is 10.2. The molecule has 8 heteroatoms. The average Bonchev–Trinajstić information content (AvgIpc) is 3.11. The second kappa shape index (κ2) is 7.91. The summed E-state index contributed by atoms with van der Waals surface area (Å²) in [5.74, 6) is 0.873. The van der Waals surface area contributed by atoms with Crippen molar-refractivity contribution in [3.05, 3.63) is 59.8 Å². The van der Waals surface area contributed by atoms with Crippen LogP contribution in [-0.4, -0.2) is 52.8 Å². The molecule has 0 unspecified atom stereocenters. The Morgan fingerprint density at radius 2 is 1.68 bits per heavy atom. The lowest BCUT2D eigenvalue weighted by molar-refractivity contribution is 0.0827. The fourth-order valence-corrected chi connectivity index (χ4v) is 2.63. The quantitative estimate of drug-likeness (QED) is 0.663. The molecule has 0 atom stereocenters. The second-order valence-electron chi connectivity index (χ2n) is 6.35. The molecule has 2 aromatic carbocycles. The monoisotopic (exact) mass is 379 g/mol. The van der Waals surface area contributed by atoms with E-state index in [1.165, 1.54) is 11.8 Å². The molecule has 1 heterocycles. The van der Waals surface area contributed by atoms with Gasteiger partial charge in [-0.15, -0.1) is 5.10 Å². The minimum Gasteiger partial charge on any atom is -0.497 e. The fraction of sp³-hybridized carbons (Fsp3) is 0.200. The number of hydrogen-bond donors (Lipinski definition) is 1.